The first-order valence-corrected chi connectivity index (χ1v) is 6.66. The van der Waals surface area contributed by atoms with Gasteiger partial charge in [0.2, 0.25) is 0 Å². The molecule has 0 saturated carbocycles. The molecule has 1 amide bonds. The predicted molar refractivity (Wildman–Crippen MR) is 74.2 cm³/mol. The molecular formula is C15H23NO2. The van der Waals surface area contributed by atoms with Gasteiger partial charge in [0, 0.05) is 12.1 Å². The van der Waals surface area contributed by atoms with Crippen LogP contribution in [-0.4, -0.2) is 18.6 Å². The Morgan fingerprint density at radius 3 is 2.61 bits per heavy atom. The van der Waals surface area contributed by atoms with E-state index in [0.717, 1.165) is 24.2 Å². The van der Waals surface area contributed by atoms with Crippen LogP contribution in [0.5, 0.6) is 5.75 Å². The lowest BCUT2D eigenvalue weighted by Gasteiger charge is -2.14. The Bertz CT molecular complexity index is 399. The van der Waals surface area contributed by atoms with Crippen molar-refractivity contribution in [2.45, 2.75) is 46.6 Å². The van der Waals surface area contributed by atoms with Crippen molar-refractivity contribution in [2.75, 3.05) is 6.54 Å². The number of carbonyl (C=O) groups excluding carboxylic acids is 1. The molecule has 0 aliphatic heterocycles. The molecule has 3 nitrogen and oxygen atoms in total. The van der Waals surface area contributed by atoms with Crippen molar-refractivity contribution in [3.8, 4) is 5.75 Å². The zero-order chi connectivity index (χ0) is 13.5. The van der Waals surface area contributed by atoms with Crippen molar-refractivity contribution in [3.63, 3.8) is 0 Å². The number of aryl methyl sites for hydroxylation is 1. The molecule has 100 valence electrons. The Morgan fingerprint density at radius 1 is 1.33 bits per heavy atom. The normalized spacial score (nSPS) is 10.5. The molecule has 18 heavy (non-hydrogen) atoms. The molecule has 0 radical (unpaired) electrons. The Hall–Kier alpha value is -1.51. The van der Waals surface area contributed by atoms with Crippen LogP contribution in [0.2, 0.25) is 0 Å². The highest BCUT2D eigenvalue weighted by Crippen LogP contribution is 2.22. The number of hydrogen-bond donors (Lipinski definition) is 1. The minimum Gasteiger partial charge on any atom is -0.491 e. The first-order valence-electron chi connectivity index (χ1n) is 6.66. The van der Waals surface area contributed by atoms with Crippen molar-refractivity contribution >= 4 is 5.91 Å². The highest BCUT2D eigenvalue weighted by atomic mass is 16.5. The van der Waals surface area contributed by atoms with Gasteiger partial charge >= 0.3 is 0 Å². The predicted octanol–water partition coefficient (Wildman–Crippen LogP) is 3.18. The maximum absolute atomic E-state index is 11.9. The molecule has 1 N–H and O–H groups in total. The molecule has 0 spiro atoms. The van der Waals surface area contributed by atoms with E-state index in [1.165, 1.54) is 0 Å². The van der Waals surface area contributed by atoms with Gasteiger partial charge in [0.25, 0.3) is 5.91 Å². The molecule has 0 aromatic heterocycles. The van der Waals surface area contributed by atoms with E-state index in [4.69, 9.17) is 4.74 Å². The number of carbonyl (C=O) groups is 1. The lowest BCUT2D eigenvalue weighted by molar-refractivity contribution is 0.0953. The summed E-state index contributed by atoms with van der Waals surface area (Å²) in [5.41, 5.74) is 1.78. The van der Waals surface area contributed by atoms with Crippen molar-refractivity contribution < 1.29 is 9.53 Å². The fourth-order valence-electron chi connectivity index (χ4n) is 1.71. The quantitative estimate of drug-likeness (QED) is 0.841. The summed E-state index contributed by atoms with van der Waals surface area (Å²) in [6.07, 6.45) is 1.95. The maximum Gasteiger partial charge on any atom is 0.251 e. The summed E-state index contributed by atoms with van der Waals surface area (Å²) in [4.78, 5) is 11.9. The van der Waals surface area contributed by atoms with Crippen LogP contribution in [0.3, 0.4) is 0 Å². The van der Waals surface area contributed by atoms with Crippen LogP contribution in [0.1, 0.15) is 50.0 Å². The molecular weight excluding hydrogens is 226 g/mol. The van der Waals surface area contributed by atoms with Crippen LogP contribution in [0.25, 0.3) is 0 Å². The summed E-state index contributed by atoms with van der Waals surface area (Å²) < 4.78 is 5.72. The van der Waals surface area contributed by atoms with Gasteiger partial charge in [-0.1, -0.05) is 13.8 Å². The lowest BCUT2D eigenvalue weighted by atomic mass is 10.1. The molecule has 0 atom stereocenters. The van der Waals surface area contributed by atoms with Crippen LogP contribution in [-0.2, 0) is 6.42 Å². The van der Waals surface area contributed by atoms with E-state index in [1.807, 2.05) is 39.0 Å². The Balaban J connectivity index is 2.87. The molecule has 3 heteroatoms. The monoisotopic (exact) mass is 249 g/mol. The fourth-order valence-corrected chi connectivity index (χ4v) is 1.71. The Morgan fingerprint density at radius 2 is 2.06 bits per heavy atom. The largest absolute Gasteiger partial charge is 0.491 e. The molecule has 0 bridgehead atoms. The van der Waals surface area contributed by atoms with Crippen LogP contribution in [0, 0.1) is 0 Å². The molecule has 0 aliphatic carbocycles. The first-order chi connectivity index (χ1) is 8.58. The third kappa shape index (κ3) is 4.06. The van der Waals surface area contributed by atoms with Gasteiger partial charge in [0.1, 0.15) is 5.75 Å². The summed E-state index contributed by atoms with van der Waals surface area (Å²) in [6.45, 7) is 8.82. The average molecular weight is 249 g/mol. The van der Waals surface area contributed by atoms with E-state index in [-0.39, 0.29) is 12.0 Å². The third-order valence-corrected chi connectivity index (χ3v) is 2.60. The van der Waals surface area contributed by atoms with Crippen molar-refractivity contribution in [1.82, 2.24) is 5.32 Å². The zero-order valence-corrected chi connectivity index (χ0v) is 11.7. The fraction of sp³-hybridized carbons (Fsp3) is 0.533. The third-order valence-electron chi connectivity index (χ3n) is 2.60. The van der Waals surface area contributed by atoms with Gasteiger partial charge in [0.05, 0.1) is 6.10 Å². The average Bonchev–Trinajstić information content (AvgIpc) is 2.35. The standard InChI is InChI=1S/C15H23NO2/c1-5-9-16-15(17)13-7-8-14(18-11(3)4)12(6-2)10-13/h7-8,10-11H,5-6,9H2,1-4H3,(H,16,17). The molecule has 1 aromatic carbocycles. The Kier molecular flexibility index (Phi) is 5.69. The summed E-state index contributed by atoms with van der Waals surface area (Å²) in [5.74, 6) is 0.863. The van der Waals surface area contributed by atoms with E-state index < -0.39 is 0 Å². The van der Waals surface area contributed by atoms with Crippen molar-refractivity contribution in [3.05, 3.63) is 29.3 Å². The number of rotatable bonds is 6. The number of amides is 1. The summed E-state index contributed by atoms with van der Waals surface area (Å²) in [6, 6.07) is 5.63. The number of nitrogens with one attached hydrogen (secondary N) is 1. The summed E-state index contributed by atoms with van der Waals surface area (Å²) in [5, 5.41) is 2.88. The molecule has 1 rings (SSSR count). The van der Waals surface area contributed by atoms with Gasteiger partial charge in [-0.05, 0) is 50.5 Å². The summed E-state index contributed by atoms with van der Waals surface area (Å²) >= 11 is 0. The van der Waals surface area contributed by atoms with Crippen LogP contribution in [0.4, 0.5) is 0 Å². The minimum absolute atomic E-state index is 0.0114. The molecule has 0 unspecified atom stereocenters. The van der Waals surface area contributed by atoms with Crippen LogP contribution < -0.4 is 10.1 Å². The molecule has 0 heterocycles. The van der Waals surface area contributed by atoms with Gasteiger partial charge < -0.3 is 10.1 Å². The summed E-state index contributed by atoms with van der Waals surface area (Å²) in [7, 11) is 0. The van der Waals surface area contributed by atoms with Crippen LogP contribution in [0.15, 0.2) is 18.2 Å². The van der Waals surface area contributed by atoms with Gasteiger partial charge in [0.15, 0.2) is 0 Å². The maximum atomic E-state index is 11.9. The Labute approximate surface area is 110 Å². The number of hydrogen-bond acceptors (Lipinski definition) is 2. The van der Waals surface area contributed by atoms with Gasteiger partial charge in [-0.25, -0.2) is 0 Å². The molecule has 1 aromatic rings. The van der Waals surface area contributed by atoms with Crippen LogP contribution >= 0.6 is 0 Å². The van der Waals surface area contributed by atoms with Crippen molar-refractivity contribution in [2.24, 2.45) is 0 Å². The zero-order valence-electron chi connectivity index (χ0n) is 11.7. The second-order valence-corrected chi connectivity index (χ2v) is 4.60. The second-order valence-electron chi connectivity index (χ2n) is 4.60. The number of ether oxygens (including phenoxy) is 1. The lowest BCUT2D eigenvalue weighted by Crippen LogP contribution is -2.24. The molecule has 0 aliphatic rings. The SMILES string of the molecule is CCCNC(=O)c1ccc(OC(C)C)c(CC)c1. The second kappa shape index (κ2) is 7.04. The van der Waals surface area contributed by atoms with E-state index >= 15 is 0 Å². The van der Waals surface area contributed by atoms with E-state index in [1.54, 1.807) is 0 Å². The van der Waals surface area contributed by atoms with E-state index in [0.29, 0.717) is 12.1 Å². The van der Waals surface area contributed by atoms with Gasteiger partial charge in [-0.3, -0.25) is 4.79 Å². The van der Waals surface area contributed by atoms with Crippen molar-refractivity contribution in [1.29, 1.82) is 0 Å². The molecule has 0 fully saturated rings. The highest BCUT2D eigenvalue weighted by molar-refractivity contribution is 5.94. The first kappa shape index (κ1) is 14.6. The van der Waals surface area contributed by atoms with Gasteiger partial charge in [-0.15, -0.1) is 0 Å². The van der Waals surface area contributed by atoms with E-state index in [2.05, 4.69) is 12.2 Å². The smallest absolute Gasteiger partial charge is 0.251 e. The number of benzene rings is 1. The van der Waals surface area contributed by atoms with Gasteiger partial charge in [-0.2, -0.15) is 0 Å². The van der Waals surface area contributed by atoms with E-state index in [9.17, 15) is 4.79 Å². The molecule has 0 saturated heterocycles. The minimum atomic E-state index is -0.0114. The topological polar surface area (TPSA) is 38.3 Å². The highest BCUT2D eigenvalue weighted by Gasteiger charge is 2.10.